The average molecular weight is 302 g/mol. The first-order valence-corrected chi connectivity index (χ1v) is 7.82. The molecule has 1 amide bonds. The molecule has 0 aliphatic rings. The van der Waals surface area contributed by atoms with E-state index in [1.165, 1.54) is 0 Å². The van der Waals surface area contributed by atoms with E-state index in [2.05, 4.69) is 5.32 Å². The van der Waals surface area contributed by atoms with E-state index >= 15 is 0 Å². The van der Waals surface area contributed by atoms with Gasteiger partial charge in [-0.1, -0.05) is 12.1 Å². The van der Waals surface area contributed by atoms with Crippen molar-refractivity contribution in [3.8, 4) is 5.75 Å². The zero-order valence-electron chi connectivity index (χ0n) is 11.8. The highest BCUT2D eigenvalue weighted by molar-refractivity contribution is 7.98. The third kappa shape index (κ3) is 4.72. The maximum absolute atomic E-state index is 11.8. The highest BCUT2D eigenvalue weighted by Crippen LogP contribution is 2.20. The molecule has 110 valence electrons. The number of carbonyl (C=O) groups excluding carboxylic acids is 1. The van der Waals surface area contributed by atoms with E-state index in [1.807, 2.05) is 42.7 Å². The van der Waals surface area contributed by atoms with Crippen LogP contribution in [0.3, 0.4) is 0 Å². The summed E-state index contributed by atoms with van der Waals surface area (Å²) >= 11 is 1.66. The molecule has 4 nitrogen and oxygen atoms in total. The molecular weight excluding hydrogens is 284 g/mol. The van der Waals surface area contributed by atoms with E-state index in [0.717, 1.165) is 10.6 Å². The van der Waals surface area contributed by atoms with Gasteiger partial charge in [0.05, 0.1) is 18.7 Å². The van der Waals surface area contributed by atoms with Gasteiger partial charge in [0.2, 0.25) is 5.91 Å². The maximum Gasteiger partial charge on any atom is 0.227 e. The van der Waals surface area contributed by atoms with Crippen LogP contribution in [0.5, 0.6) is 5.75 Å². The summed E-state index contributed by atoms with van der Waals surface area (Å²) in [6, 6.07) is 15.0. The first-order chi connectivity index (χ1) is 10.2. The Morgan fingerprint density at radius 1 is 1.19 bits per heavy atom. The summed E-state index contributed by atoms with van der Waals surface area (Å²) in [5, 5.41) is 2.83. The minimum absolute atomic E-state index is 0.0820. The third-order valence-corrected chi connectivity index (χ3v) is 3.62. The van der Waals surface area contributed by atoms with Gasteiger partial charge >= 0.3 is 0 Å². The summed E-state index contributed by atoms with van der Waals surface area (Å²) in [5.41, 5.74) is 7.12. The number of anilines is 2. The topological polar surface area (TPSA) is 64.3 Å². The fourth-order valence-corrected chi connectivity index (χ4v) is 2.17. The van der Waals surface area contributed by atoms with Gasteiger partial charge < -0.3 is 15.8 Å². The molecular formula is C16H18N2O2S. The van der Waals surface area contributed by atoms with Crippen LogP contribution in [0.25, 0.3) is 0 Å². The van der Waals surface area contributed by atoms with E-state index in [4.69, 9.17) is 10.5 Å². The van der Waals surface area contributed by atoms with Crippen molar-refractivity contribution in [1.82, 2.24) is 0 Å². The molecule has 0 atom stereocenters. The van der Waals surface area contributed by atoms with Crippen LogP contribution in [0.2, 0.25) is 0 Å². The van der Waals surface area contributed by atoms with E-state index in [9.17, 15) is 4.79 Å². The van der Waals surface area contributed by atoms with Gasteiger partial charge in [0.25, 0.3) is 0 Å². The second-order valence-corrected chi connectivity index (χ2v) is 5.29. The molecule has 0 radical (unpaired) electrons. The van der Waals surface area contributed by atoms with Crippen molar-refractivity contribution in [2.24, 2.45) is 0 Å². The van der Waals surface area contributed by atoms with E-state index in [1.54, 1.807) is 23.9 Å². The smallest absolute Gasteiger partial charge is 0.227 e. The lowest BCUT2D eigenvalue weighted by atomic mass is 10.3. The van der Waals surface area contributed by atoms with Crippen molar-refractivity contribution >= 4 is 29.0 Å². The lowest BCUT2D eigenvalue weighted by molar-refractivity contribution is -0.116. The Hall–Kier alpha value is -2.14. The number of hydrogen-bond donors (Lipinski definition) is 2. The van der Waals surface area contributed by atoms with Gasteiger partial charge in [-0.2, -0.15) is 0 Å². The van der Waals surface area contributed by atoms with Crippen LogP contribution in [0, 0.1) is 0 Å². The summed E-state index contributed by atoms with van der Waals surface area (Å²) in [7, 11) is 0. The van der Waals surface area contributed by atoms with Crippen LogP contribution >= 0.6 is 11.8 Å². The molecule has 0 heterocycles. The van der Waals surface area contributed by atoms with E-state index < -0.39 is 0 Å². The second-order valence-electron chi connectivity index (χ2n) is 4.41. The highest BCUT2D eigenvalue weighted by atomic mass is 32.2. The molecule has 0 fully saturated rings. The lowest BCUT2D eigenvalue weighted by Gasteiger charge is -2.09. The Kier molecular flexibility index (Phi) is 5.51. The van der Waals surface area contributed by atoms with Gasteiger partial charge in [-0.3, -0.25) is 4.79 Å². The Balaban J connectivity index is 1.78. The fourth-order valence-electron chi connectivity index (χ4n) is 1.76. The average Bonchev–Trinajstić information content (AvgIpc) is 2.50. The number of nitrogens with two attached hydrogens (primary N) is 1. The van der Waals surface area contributed by atoms with Gasteiger partial charge in [-0.05, 0) is 42.7 Å². The zero-order valence-corrected chi connectivity index (χ0v) is 12.7. The molecule has 0 saturated heterocycles. The molecule has 0 saturated carbocycles. The van der Waals surface area contributed by atoms with E-state index in [0.29, 0.717) is 18.0 Å². The van der Waals surface area contributed by atoms with Crippen LogP contribution in [0.4, 0.5) is 11.4 Å². The van der Waals surface area contributed by atoms with Crippen molar-refractivity contribution in [3.63, 3.8) is 0 Å². The van der Waals surface area contributed by atoms with Crippen LogP contribution in [-0.2, 0) is 4.79 Å². The number of nitrogens with one attached hydrogen (secondary N) is 1. The first kappa shape index (κ1) is 15.3. The van der Waals surface area contributed by atoms with Crippen molar-refractivity contribution in [3.05, 3.63) is 48.5 Å². The molecule has 2 aromatic carbocycles. The summed E-state index contributed by atoms with van der Waals surface area (Å²) in [4.78, 5) is 13.0. The largest absolute Gasteiger partial charge is 0.491 e. The van der Waals surface area contributed by atoms with Gasteiger partial charge in [-0.15, -0.1) is 11.8 Å². The fraction of sp³-hybridized carbons (Fsp3) is 0.188. The zero-order chi connectivity index (χ0) is 15.1. The van der Waals surface area contributed by atoms with Gasteiger partial charge in [0.15, 0.2) is 0 Å². The molecule has 5 heteroatoms. The van der Waals surface area contributed by atoms with E-state index in [-0.39, 0.29) is 12.3 Å². The molecule has 0 aromatic heterocycles. The van der Waals surface area contributed by atoms with Crippen molar-refractivity contribution in [2.45, 2.75) is 11.3 Å². The summed E-state index contributed by atoms with van der Waals surface area (Å²) in [6.45, 7) is 0.295. The van der Waals surface area contributed by atoms with Crippen LogP contribution in [-0.4, -0.2) is 18.8 Å². The minimum atomic E-state index is -0.0820. The number of nitrogen functional groups attached to an aromatic ring is 1. The summed E-state index contributed by atoms with van der Waals surface area (Å²) < 4.78 is 5.49. The first-order valence-electron chi connectivity index (χ1n) is 6.60. The monoisotopic (exact) mass is 302 g/mol. The predicted molar refractivity (Wildman–Crippen MR) is 87.8 cm³/mol. The number of carbonyl (C=O) groups is 1. The quantitative estimate of drug-likeness (QED) is 0.634. The number of ether oxygens (including phenoxy) is 1. The number of hydrogen-bond acceptors (Lipinski definition) is 4. The Labute approximate surface area is 128 Å². The number of para-hydroxylation sites is 2. The molecule has 2 aromatic rings. The van der Waals surface area contributed by atoms with Crippen molar-refractivity contribution in [1.29, 1.82) is 0 Å². The highest BCUT2D eigenvalue weighted by Gasteiger charge is 2.04. The molecule has 2 rings (SSSR count). The number of amides is 1. The third-order valence-electron chi connectivity index (χ3n) is 2.88. The van der Waals surface area contributed by atoms with Gasteiger partial charge in [-0.25, -0.2) is 0 Å². The minimum Gasteiger partial charge on any atom is -0.491 e. The molecule has 21 heavy (non-hydrogen) atoms. The summed E-state index contributed by atoms with van der Waals surface area (Å²) in [6.07, 6.45) is 2.29. The van der Waals surface area contributed by atoms with Gasteiger partial charge in [0, 0.05) is 10.6 Å². The number of benzene rings is 2. The Morgan fingerprint density at radius 2 is 1.90 bits per heavy atom. The van der Waals surface area contributed by atoms with Crippen molar-refractivity contribution in [2.75, 3.05) is 23.9 Å². The number of rotatable bonds is 6. The maximum atomic E-state index is 11.8. The van der Waals surface area contributed by atoms with Crippen LogP contribution in [0.1, 0.15) is 6.42 Å². The van der Waals surface area contributed by atoms with Crippen LogP contribution in [0.15, 0.2) is 53.4 Å². The normalized spacial score (nSPS) is 10.1. The van der Waals surface area contributed by atoms with Gasteiger partial charge in [0.1, 0.15) is 5.75 Å². The summed E-state index contributed by atoms with van der Waals surface area (Å²) in [5.74, 6) is 0.524. The van der Waals surface area contributed by atoms with Crippen LogP contribution < -0.4 is 15.8 Å². The lowest BCUT2D eigenvalue weighted by Crippen LogP contribution is -2.15. The molecule has 0 aliphatic heterocycles. The second kappa shape index (κ2) is 7.59. The molecule has 0 aliphatic carbocycles. The Bertz CT molecular complexity index is 599. The van der Waals surface area contributed by atoms with Crippen molar-refractivity contribution < 1.29 is 9.53 Å². The molecule has 0 unspecified atom stereocenters. The molecule has 0 spiro atoms. The Morgan fingerprint density at radius 3 is 2.57 bits per heavy atom. The molecule has 3 N–H and O–H groups in total. The molecule has 0 bridgehead atoms. The standard InChI is InChI=1S/C16H18N2O2S/c1-21-13-8-6-12(7-9-13)18-16(19)10-11-20-15-5-3-2-4-14(15)17/h2-9H,10-11,17H2,1H3,(H,18,19). The SMILES string of the molecule is CSc1ccc(NC(=O)CCOc2ccccc2N)cc1. The number of thioether (sulfide) groups is 1. The predicted octanol–water partition coefficient (Wildman–Crippen LogP) is 3.40.